The van der Waals surface area contributed by atoms with Crippen LogP contribution in [-0.4, -0.2) is 78.9 Å². The Balaban J connectivity index is 1.57. The number of carbonyl (C=O) groups is 2. The minimum absolute atomic E-state index is 0.00173. The normalized spacial score (nSPS) is 19.5. The summed E-state index contributed by atoms with van der Waals surface area (Å²) >= 11 is 0. The van der Waals surface area contributed by atoms with Crippen molar-refractivity contribution in [3.05, 3.63) is 29.8 Å². The van der Waals surface area contributed by atoms with Gasteiger partial charge in [0, 0.05) is 31.7 Å². The Hall–Kier alpha value is -2.08. The van der Waals surface area contributed by atoms with Crippen molar-refractivity contribution in [3.63, 3.8) is 0 Å². The van der Waals surface area contributed by atoms with Crippen molar-refractivity contribution >= 4 is 11.8 Å². The molecule has 2 heterocycles. The van der Waals surface area contributed by atoms with Gasteiger partial charge in [-0.15, -0.1) is 0 Å². The Morgan fingerprint density at radius 3 is 2.31 bits per heavy atom. The first-order chi connectivity index (χ1) is 12.6. The van der Waals surface area contributed by atoms with Gasteiger partial charge in [-0.25, -0.2) is 0 Å². The van der Waals surface area contributed by atoms with Crippen LogP contribution in [0, 0.1) is 0 Å². The van der Waals surface area contributed by atoms with Gasteiger partial charge in [0.1, 0.15) is 5.75 Å². The van der Waals surface area contributed by atoms with Gasteiger partial charge in [-0.1, -0.05) is 13.0 Å². The number of carbonyl (C=O) groups excluding carboxylic acids is 2. The fraction of sp³-hybridized carbons (Fsp3) is 0.600. The highest BCUT2D eigenvalue weighted by Crippen LogP contribution is 2.19. The lowest BCUT2D eigenvalue weighted by atomic mass is 10.1. The summed E-state index contributed by atoms with van der Waals surface area (Å²) in [4.78, 5) is 31.7. The molecule has 2 amide bonds. The molecule has 0 aliphatic carbocycles. The maximum Gasteiger partial charge on any atom is 0.254 e. The second-order valence-corrected chi connectivity index (χ2v) is 7.02. The van der Waals surface area contributed by atoms with E-state index in [1.165, 1.54) is 12.8 Å². The van der Waals surface area contributed by atoms with Gasteiger partial charge < -0.3 is 14.5 Å². The fourth-order valence-corrected chi connectivity index (χ4v) is 3.92. The van der Waals surface area contributed by atoms with Crippen molar-refractivity contribution in [1.29, 1.82) is 0 Å². The lowest BCUT2D eigenvalue weighted by molar-refractivity contribution is -0.138. The highest BCUT2D eigenvalue weighted by molar-refractivity contribution is 5.94. The van der Waals surface area contributed by atoms with E-state index < -0.39 is 0 Å². The van der Waals surface area contributed by atoms with E-state index in [4.69, 9.17) is 4.74 Å². The third-order valence-electron chi connectivity index (χ3n) is 5.45. The third-order valence-corrected chi connectivity index (χ3v) is 5.45. The SMILES string of the molecule is CCC(C(=O)N1CCN(C(=O)c2cccc(OC)c2)CC1)N1CCCC1. The predicted octanol–water partition coefficient (Wildman–Crippen LogP) is 1.85. The van der Waals surface area contributed by atoms with Gasteiger partial charge in [-0.2, -0.15) is 0 Å². The molecule has 1 atom stereocenters. The van der Waals surface area contributed by atoms with E-state index in [1.54, 1.807) is 13.2 Å². The summed E-state index contributed by atoms with van der Waals surface area (Å²) in [6.45, 7) is 6.52. The van der Waals surface area contributed by atoms with Gasteiger partial charge >= 0.3 is 0 Å². The zero-order valence-corrected chi connectivity index (χ0v) is 15.8. The lowest BCUT2D eigenvalue weighted by Gasteiger charge is -2.38. The van der Waals surface area contributed by atoms with Crippen LogP contribution in [0.15, 0.2) is 24.3 Å². The van der Waals surface area contributed by atoms with E-state index in [1.807, 2.05) is 28.0 Å². The second-order valence-electron chi connectivity index (χ2n) is 7.02. The summed E-state index contributed by atoms with van der Waals surface area (Å²) in [6.07, 6.45) is 3.22. The average molecular weight is 359 g/mol. The number of rotatable bonds is 5. The molecule has 3 rings (SSSR count). The van der Waals surface area contributed by atoms with Crippen molar-refractivity contribution in [2.75, 3.05) is 46.4 Å². The quantitative estimate of drug-likeness (QED) is 0.805. The molecular weight excluding hydrogens is 330 g/mol. The van der Waals surface area contributed by atoms with Crippen LogP contribution in [0.4, 0.5) is 0 Å². The number of ether oxygens (including phenoxy) is 1. The molecule has 0 spiro atoms. The summed E-state index contributed by atoms with van der Waals surface area (Å²) in [6, 6.07) is 7.23. The Labute approximate surface area is 155 Å². The monoisotopic (exact) mass is 359 g/mol. The van der Waals surface area contributed by atoms with Gasteiger partial charge in [-0.3, -0.25) is 14.5 Å². The van der Waals surface area contributed by atoms with Crippen LogP contribution in [0.2, 0.25) is 0 Å². The van der Waals surface area contributed by atoms with Gasteiger partial charge in [0.05, 0.1) is 13.2 Å². The summed E-state index contributed by atoms with van der Waals surface area (Å²) < 4.78 is 5.20. The van der Waals surface area contributed by atoms with Crippen LogP contribution in [0.25, 0.3) is 0 Å². The van der Waals surface area contributed by atoms with E-state index in [0.717, 1.165) is 19.5 Å². The topological polar surface area (TPSA) is 53.1 Å². The highest BCUT2D eigenvalue weighted by Gasteiger charge is 2.32. The molecule has 0 bridgehead atoms. The molecule has 2 aliphatic heterocycles. The number of hydrogen-bond acceptors (Lipinski definition) is 4. The molecule has 2 fully saturated rings. The van der Waals surface area contributed by atoms with Crippen LogP contribution in [0.5, 0.6) is 5.75 Å². The highest BCUT2D eigenvalue weighted by atomic mass is 16.5. The van der Waals surface area contributed by atoms with Crippen molar-refractivity contribution in [1.82, 2.24) is 14.7 Å². The third kappa shape index (κ3) is 4.01. The Morgan fingerprint density at radius 1 is 1.04 bits per heavy atom. The number of nitrogens with zero attached hydrogens (tertiary/aromatic N) is 3. The summed E-state index contributed by atoms with van der Waals surface area (Å²) in [5.74, 6) is 0.909. The molecule has 142 valence electrons. The van der Waals surface area contributed by atoms with E-state index >= 15 is 0 Å². The zero-order chi connectivity index (χ0) is 18.5. The number of methoxy groups -OCH3 is 1. The molecule has 0 N–H and O–H groups in total. The minimum Gasteiger partial charge on any atom is -0.497 e. The second kappa shape index (κ2) is 8.54. The zero-order valence-electron chi connectivity index (χ0n) is 15.8. The molecule has 1 unspecified atom stereocenters. The van der Waals surface area contributed by atoms with E-state index in [2.05, 4.69) is 11.8 Å². The molecule has 0 radical (unpaired) electrons. The smallest absolute Gasteiger partial charge is 0.254 e. The van der Waals surface area contributed by atoms with Crippen LogP contribution in [0.3, 0.4) is 0 Å². The standard InChI is InChI=1S/C20H29N3O3/c1-3-18(21-9-4-5-10-21)20(25)23-13-11-22(12-14-23)19(24)16-7-6-8-17(15-16)26-2/h6-8,15,18H,3-5,9-14H2,1-2H3. The number of amides is 2. The lowest BCUT2D eigenvalue weighted by Crippen LogP contribution is -2.55. The van der Waals surface area contributed by atoms with Crippen molar-refractivity contribution in [2.24, 2.45) is 0 Å². The average Bonchev–Trinajstić information content (AvgIpc) is 3.22. The maximum absolute atomic E-state index is 12.9. The minimum atomic E-state index is -0.00173. The van der Waals surface area contributed by atoms with E-state index in [0.29, 0.717) is 37.5 Å². The molecule has 2 aliphatic rings. The van der Waals surface area contributed by atoms with Crippen LogP contribution in [0.1, 0.15) is 36.5 Å². The molecule has 2 saturated heterocycles. The van der Waals surface area contributed by atoms with Crippen molar-refractivity contribution in [2.45, 2.75) is 32.2 Å². The Morgan fingerprint density at radius 2 is 1.69 bits per heavy atom. The summed E-state index contributed by atoms with van der Waals surface area (Å²) in [7, 11) is 1.60. The van der Waals surface area contributed by atoms with E-state index in [9.17, 15) is 9.59 Å². The Bertz CT molecular complexity index is 635. The molecule has 0 saturated carbocycles. The fourth-order valence-electron chi connectivity index (χ4n) is 3.92. The van der Waals surface area contributed by atoms with E-state index in [-0.39, 0.29) is 17.9 Å². The first kappa shape index (κ1) is 18.7. The van der Waals surface area contributed by atoms with Gasteiger partial charge in [-0.05, 0) is 50.6 Å². The molecule has 26 heavy (non-hydrogen) atoms. The first-order valence-electron chi connectivity index (χ1n) is 9.60. The number of likely N-dealkylation sites (tertiary alicyclic amines) is 1. The van der Waals surface area contributed by atoms with Gasteiger partial charge in [0.15, 0.2) is 0 Å². The van der Waals surface area contributed by atoms with Crippen molar-refractivity contribution < 1.29 is 14.3 Å². The molecule has 6 heteroatoms. The summed E-state index contributed by atoms with van der Waals surface area (Å²) in [5.41, 5.74) is 0.632. The number of hydrogen-bond donors (Lipinski definition) is 0. The largest absolute Gasteiger partial charge is 0.497 e. The van der Waals surface area contributed by atoms with Crippen LogP contribution >= 0.6 is 0 Å². The molecular formula is C20H29N3O3. The van der Waals surface area contributed by atoms with Gasteiger partial charge in [0.25, 0.3) is 5.91 Å². The number of piperazine rings is 1. The summed E-state index contributed by atoms with van der Waals surface area (Å²) in [5, 5.41) is 0. The molecule has 6 nitrogen and oxygen atoms in total. The van der Waals surface area contributed by atoms with Crippen molar-refractivity contribution in [3.8, 4) is 5.75 Å². The van der Waals surface area contributed by atoms with Crippen LogP contribution in [-0.2, 0) is 4.79 Å². The maximum atomic E-state index is 12.9. The first-order valence-corrected chi connectivity index (χ1v) is 9.60. The molecule has 1 aromatic rings. The van der Waals surface area contributed by atoms with Crippen LogP contribution < -0.4 is 4.74 Å². The Kier molecular flexibility index (Phi) is 6.14. The molecule has 1 aromatic carbocycles. The van der Waals surface area contributed by atoms with Gasteiger partial charge in [0.2, 0.25) is 5.91 Å². The predicted molar refractivity (Wildman–Crippen MR) is 100 cm³/mol. The number of benzene rings is 1. The molecule has 0 aromatic heterocycles.